The molecule has 6 nitrogen and oxygen atoms in total. The maximum Gasteiger partial charge on any atom is 0.255 e. The van der Waals surface area contributed by atoms with Gasteiger partial charge in [-0.15, -0.1) is 0 Å². The maximum atomic E-state index is 12.0. The Labute approximate surface area is 127 Å². The number of benzene rings is 2. The number of nitrogens with zero attached hydrogens (tertiary/aromatic N) is 1. The Hall–Kier alpha value is -3.33. The van der Waals surface area contributed by atoms with E-state index in [-0.39, 0.29) is 18.2 Å². The lowest BCUT2D eigenvalue weighted by atomic mass is 10.2. The SMILES string of the molecule is N#CCC(=O)Nc1ccc(NC(=O)c2ccc(N)cc2)cc1. The van der Waals surface area contributed by atoms with Crippen LogP contribution >= 0.6 is 0 Å². The molecule has 2 aromatic carbocycles. The average Bonchev–Trinajstić information content (AvgIpc) is 2.50. The fraction of sp³-hybridized carbons (Fsp3) is 0.0625. The van der Waals surface area contributed by atoms with Crippen LogP contribution in [-0.4, -0.2) is 11.8 Å². The van der Waals surface area contributed by atoms with E-state index < -0.39 is 0 Å². The zero-order chi connectivity index (χ0) is 15.9. The summed E-state index contributed by atoms with van der Waals surface area (Å²) >= 11 is 0. The molecule has 0 aliphatic rings. The summed E-state index contributed by atoms with van der Waals surface area (Å²) in [5.41, 5.74) is 7.82. The maximum absolute atomic E-state index is 12.0. The fourth-order valence-electron chi connectivity index (χ4n) is 1.75. The van der Waals surface area contributed by atoms with Crippen molar-refractivity contribution in [1.82, 2.24) is 0 Å². The summed E-state index contributed by atoms with van der Waals surface area (Å²) in [5, 5.41) is 13.7. The van der Waals surface area contributed by atoms with Crippen LogP contribution in [0.2, 0.25) is 0 Å². The van der Waals surface area contributed by atoms with Crippen LogP contribution in [-0.2, 0) is 4.79 Å². The summed E-state index contributed by atoms with van der Waals surface area (Å²) in [6, 6.07) is 15.0. The number of carbonyl (C=O) groups excluding carboxylic acids is 2. The van der Waals surface area contributed by atoms with E-state index in [0.717, 1.165) is 0 Å². The topological polar surface area (TPSA) is 108 Å². The van der Waals surface area contributed by atoms with E-state index in [1.54, 1.807) is 54.6 Å². The van der Waals surface area contributed by atoms with Gasteiger partial charge >= 0.3 is 0 Å². The van der Waals surface area contributed by atoms with Gasteiger partial charge in [-0.1, -0.05) is 0 Å². The molecule has 0 aliphatic heterocycles. The highest BCUT2D eigenvalue weighted by Crippen LogP contribution is 2.15. The number of anilines is 3. The monoisotopic (exact) mass is 294 g/mol. The van der Waals surface area contributed by atoms with Gasteiger partial charge in [0.15, 0.2) is 0 Å². The van der Waals surface area contributed by atoms with E-state index in [0.29, 0.717) is 22.6 Å². The molecule has 2 amide bonds. The fourth-order valence-corrected chi connectivity index (χ4v) is 1.75. The Morgan fingerprint density at radius 2 is 1.50 bits per heavy atom. The molecule has 0 bridgehead atoms. The lowest BCUT2D eigenvalue weighted by molar-refractivity contribution is -0.115. The molecule has 22 heavy (non-hydrogen) atoms. The molecular formula is C16H14N4O2. The largest absolute Gasteiger partial charge is 0.399 e. The molecule has 2 rings (SSSR count). The molecule has 0 unspecified atom stereocenters. The highest BCUT2D eigenvalue weighted by atomic mass is 16.2. The Morgan fingerprint density at radius 3 is 2.05 bits per heavy atom. The first-order chi connectivity index (χ1) is 10.6. The average molecular weight is 294 g/mol. The second-order valence-electron chi connectivity index (χ2n) is 4.54. The van der Waals surface area contributed by atoms with Gasteiger partial charge in [-0.05, 0) is 48.5 Å². The zero-order valence-electron chi connectivity index (χ0n) is 11.7. The molecule has 0 aromatic heterocycles. The van der Waals surface area contributed by atoms with Crippen molar-refractivity contribution >= 4 is 28.9 Å². The third-order valence-corrected chi connectivity index (χ3v) is 2.84. The lowest BCUT2D eigenvalue weighted by Crippen LogP contribution is -2.12. The molecule has 2 aromatic rings. The van der Waals surface area contributed by atoms with E-state index in [4.69, 9.17) is 11.0 Å². The van der Waals surface area contributed by atoms with Gasteiger partial charge in [0.25, 0.3) is 5.91 Å². The Bertz CT molecular complexity index is 715. The third-order valence-electron chi connectivity index (χ3n) is 2.84. The number of nitriles is 1. The smallest absolute Gasteiger partial charge is 0.255 e. The summed E-state index contributed by atoms with van der Waals surface area (Å²) in [5.74, 6) is -0.623. The summed E-state index contributed by atoms with van der Waals surface area (Å²) in [4.78, 5) is 23.3. The third kappa shape index (κ3) is 4.08. The minimum atomic E-state index is -0.374. The molecule has 0 saturated carbocycles. The summed E-state index contributed by atoms with van der Waals surface area (Å²) < 4.78 is 0. The van der Waals surface area contributed by atoms with Crippen molar-refractivity contribution in [2.45, 2.75) is 6.42 Å². The van der Waals surface area contributed by atoms with Crippen LogP contribution in [0.3, 0.4) is 0 Å². The second kappa shape index (κ2) is 6.90. The van der Waals surface area contributed by atoms with Crippen LogP contribution in [0.15, 0.2) is 48.5 Å². The molecule has 0 saturated heterocycles. The van der Waals surface area contributed by atoms with Crippen LogP contribution < -0.4 is 16.4 Å². The number of rotatable bonds is 4. The van der Waals surface area contributed by atoms with Gasteiger partial charge in [-0.25, -0.2) is 0 Å². The number of nitrogen functional groups attached to an aromatic ring is 1. The normalized spacial score (nSPS) is 9.59. The van der Waals surface area contributed by atoms with Crippen LogP contribution in [0.4, 0.5) is 17.1 Å². The van der Waals surface area contributed by atoms with Crippen LogP contribution in [0, 0.1) is 11.3 Å². The molecule has 0 heterocycles. The van der Waals surface area contributed by atoms with Crippen molar-refractivity contribution in [2.75, 3.05) is 16.4 Å². The van der Waals surface area contributed by atoms with Gasteiger partial charge in [-0.3, -0.25) is 9.59 Å². The van der Waals surface area contributed by atoms with Gasteiger partial charge in [0, 0.05) is 22.6 Å². The van der Waals surface area contributed by atoms with E-state index in [2.05, 4.69) is 10.6 Å². The van der Waals surface area contributed by atoms with E-state index in [1.807, 2.05) is 0 Å². The lowest BCUT2D eigenvalue weighted by Gasteiger charge is -2.07. The highest BCUT2D eigenvalue weighted by molar-refractivity contribution is 6.04. The number of nitrogens with two attached hydrogens (primary N) is 1. The van der Waals surface area contributed by atoms with Crippen molar-refractivity contribution in [3.05, 3.63) is 54.1 Å². The number of carbonyl (C=O) groups is 2. The van der Waals surface area contributed by atoms with Crippen molar-refractivity contribution < 1.29 is 9.59 Å². The van der Waals surface area contributed by atoms with Crippen LogP contribution in [0.1, 0.15) is 16.8 Å². The summed E-state index contributed by atoms with van der Waals surface area (Å²) in [7, 11) is 0. The molecule has 0 atom stereocenters. The van der Waals surface area contributed by atoms with Crippen molar-refractivity contribution in [1.29, 1.82) is 5.26 Å². The molecule has 0 radical (unpaired) electrons. The summed E-state index contributed by atoms with van der Waals surface area (Å²) in [6.45, 7) is 0. The van der Waals surface area contributed by atoms with Gasteiger partial charge in [0.05, 0.1) is 6.07 Å². The predicted molar refractivity (Wildman–Crippen MR) is 84.1 cm³/mol. The first kappa shape index (κ1) is 15.1. The first-order valence-electron chi connectivity index (χ1n) is 6.52. The molecule has 0 spiro atoms. The van der Waals surface area contributed by atoms with E-state index in [1.165, 1.54) is 0 Å². The minimum absolute atomic E-state index is 0.199. The Morgan fingerprint density at radius 1 is 0.955 bits per heavy atom. The highest BCUT2D eigenvalue weighted by Gasteiger charge is 2.06. The standard InChI is InChI=1S/C16H14N4O2/c17-10-9-15(21)19-13-5-7-14(8-6-13)20-16(22)11-1-3-12(18)4-2-11/h1-8H,9,18H2,(H,19,21)(H,20,22). The molecule has 110 valence electrons. The predicted octanol–water partition coefficient (Wildman–Crippen LogP) is 2.37. The van der Waals surface area contributed by atoms with Gasteiger partial charge in [0.1, 0.15) is 6.42 Å². The van der Waals surface area contributed by atoms with Crippen LogP contribution in [0.5, 0.6) is 0 Å². The molecule has 0 aliphatic carbocycles. The first-order valence-corrected chi connectivity index (χ1v) is 6.52. The number of hydrogen-bond donors (Lipinski definition) is 3. The Balaban J connectivity index is 1.99. The van der Waals surface area contributed by atoms with Gasteiger partial charge in [-0.2, -0.15) is 5.26 Å². The van der Waals surface area contributed by atoms with Crippen molar-refractivity contribution in [3.8, 4) is 6.07 Å². The quantitative estimate of drug-likeness (QED) is 0.752. The molecule has 0 fully saturated rings. The van der Waals surface area contributed by atoms with E-state index in [9.17, 15) is 9.59 Å². The Kier molecular flexibility index (Phi) is 4.73. The van der Waals surface area contributed by atoms with Gasteiger partial charge in [0.2, 0.25) is 5.91 Å². The van der Waals surface area contributed by atoms with Crippen LogP contribution in [0.25, 0.3) is 0 Å². The summed E-state index contributed by atoms with van der Waals surface area (Å²) in [6.07, 6.45) is -0.199. The zero-order valence-corrected chi connectivity index (χ0v) is 11.7. The second-order valence-corrected chi connectivity index (χ2v) is 4.54. The number of nitrogens with one attached hydrogen (secondary N) is 2. The van der Waals surface area contributed by atoms with E-state index >= 15 is 0 Å². The van der Waals surface area contributed by atoms with Gasteiger partial charge < -0.3 is 16.4 Å². The molecular weight excluding hydrogens is 280 g/mol. The number of amides is 2. The minimum Gasteiger partial charge on any atom is -0.399 e. The number of hydrogen-bond acceptors (Lipinski definition) is 4. The molecule has 4 N–H and O–H groups in total. The van der Waals surface area contributed by atoms with Crippen molar-refractivity contribution in [2.24, 2.45) is 0 Å². The molecule has 6 heteroatoms. The van der Waals surface area contributed by atoms with Crippen molar-refractivity contribution in [3.63, 3.8) is 0 Å².